The summed E-state index contributed by atoms with van der Waals surface area (Å²) >= 11 is 0. The lowest BCUT2D eigenvalue weighted by Crippen LogP contribution is -2.19. The van der Waals surface area contributed by atoms with Crippen LogP contribution in [0.1, 0.15) is 26.3 Å². The molecule has 0 radical (unpaired) electrons. The van der Waals surface area contributed by atoms with Crippen LogP contribution in [-0.2, 0) is 4.74 Å². The van der Waals surface area contributed by atoms with E-state index < -0.39 is 29.2 Å². The minimum Gasteiger partial charge on any atom is -0.465 e. The monoisotopic (exact) mass is 273 g/mol. The molecule has 0 aliphatic rings. The van der Waals surface area contributed by atoms with Crippen LogP contribution >= 0.6 is 0 Å². The Kier molecular flexibility index (Phi) is 4.11. The van der Waals surface area contributed by atoms with E-state index in [4.69, 9.17) is 5.26 Å². The Morgan fingerprint density at radius 3 is 2.47 bits per heavy atom. The first kappa shape index (κ1) is 14.5. The van der Waals surface area contributed by atoms with Gasteiger partial charge in [0.05, 0.1) is 23.8 Å². The van der Waals surface area contributed by atoms with Gasteiger partial charge in [0.15, 0.2) is 6.29 Å². The molecule has 1 aromatic carbocycles. The maximum atomic E-state index is 12.1. The molecule has 0 bridgehead atoms. The van der Waals surface area contributed by atoms with Gasteiger partial charge in [-0.25, -0.2) is 4.79 Å². The van der Waals surface area contributed by atoms with Crippen molar-refractivity contribution in [1.29, 1.82) is 5.26 Å². The number of ether oxygens (including phenoxy) is 2. The quantitative estimate of drug-likeness (QED) is 0.622. The number of esters is 1. The maximum absolute atomic E-state index is 12.1. The van der Waals surface area contributed by atoms with E-state index in [1.54, 1.807) is 6.07 Å². The van der Waals surface area contributed by atoms with Crippen LogP contribution in [0, 0.1) is 11.3 Å². The van der Waals surface area contributed by atoms with Crippen molar-refractivity contribution >= 4 is 12.3 Å². The number of hydrogen-bond acceptors (Lipinski definition) is 5. The average Bonchev–Trinajstić information content (AvgIpc) is 2.35. The van der Waals surface area contributed by atoms with E-state index in [0.29, 0.717) is 0 Å². The molecule has 1 rings (SSSR count). The van der Waals surface area contributed by atoms with Gasteiger partial charge < -0.3 is 9.47 Å². The molecule has 0 atom stereocenters. The molecular formula is C11H6F3NO4. The number of halogens is 3. The normalized spacial score (nSPS) is 10.5. The molecule has 100 valence electrons. The van der Waals surface area contributed by atoms with Crippen molar-refractivity contribution in [1.82, 2.24) is 0 Å². The summed E-state index contributed by atoms with van der Waals surface area (Å²) in [6.07, 6.45) is -5.03. The summed E-state index contributed by atoms with van der Waals surface area (Å²) in [5.41, 5.74) is -1.55. The van der Waals surface area contributed by atoms with Crippen molar-refractivity contribution in [2.24, 2.45) is 0 Å². The van der Waals surface area contributed by atoms with Crippen LogP contribution < -0.4 is 4.74 Å². The summed E-state index contributed by atoms with van der Waals surface area (Å²) in [6.45, 7) is 0. The zero-order valence-corrected chi connectivity index (χ0v) is 9.45. The van der Waals surface area contributed by atoms with Gasteiger partial charge in [0.25, 0.3) is 0 Å². The fraction of sp³-hybridized carbons (Fsp3) is 0.182. The highest BCUT2D eigenvalue weighted by Gasteiger charge is 2.33. The van der Waals surface area contributed by atoms with Gasteiger partial charge in [-0.3, -0.25) is 4.79 Å². The number of nitriles is 1. The number of carbonyl (C=O) groups is 2. The Labute approximate surface area is 105 Å². The summed E-state index contributed by atoms with van der Waals surface area (Å²) in [5, 5.41) is 8.77. The zero-order chi connectivity index (χ0) is 14.6. The van der Waals surface area contributed by atoms with Crippen molar-refractivity contribution < 1.29 is 32.2 Å². The molecule has 0 amide bonds. The standard InChI is InChI=1S/C11H6F3NO4/c1-18-10(17)9-6(4-15)2-3-8(7(9)5-16)19-11(12,13)14/h2-3,5H,1H3. The third-order valence-electron chi connectivity index (χ3n) is 2.06. The number of carbonyl (C=O) groups excluding carboxylic acids is 2. The van der Waals surface area contributed by atoms with Crippen LogP contribution in [0.4, 0.5) is 13.2 Å². The SMILES string of the molecule is COC(=O)c1c(C#N)ccc(OC(F)(F)F)c1C=O. The van der Waals surface area contributed by atoms with Gasteiger partial charge >= 0.3 is 12.3 Å². The lowest BCUT2D eigenvalue weighted by molar-refractivity contribution is -0.274. The van der Waals surface area contributed by atoms with Gasteiger partial charge in [0, 0.05) is 0 Å². The Hall–Kier alpha value is -2.56. The Bertz CT molecular complexity index is 560. The smallest absolute Gasteiger partial charge is 0.465 e. The van der Waals surface area contributed by atoms with Gasteiger partial charge in [-0.1, -0.05) is 0 Å². The van der Waals surface area contributed by atoms with Gasteiger partial charge in [-0.2, -0.15) is 5.26 Å². The highest BCUT2D eigenvalue weighted by atomic mass is 19.4. The minimum atomic E-state index is -5.03. The van der Waals surface area contributed by atoms with Crippen LogP contribution in [0.15, 0.2) is 12.1 Å². The molecule has 1 aromatic rings. The molecule has 0 aromatic heterocycles. The Balaban J connectivity index is 3.50. The highest BCUT2D eigenvalue weighted by molar-refractivity contribution is 6.02. The summed E-state index contributed by atoms with van der Waals surface area (Å²) in [7, 11) is 0.968. The Morgan fingerprint density at radius 1 is 1.42 bits per heavy atom. The predicted molar refractivity (Wildman–Crippen MR) is 54.6 cm³/mol. The second-order valence-corrected chi connectivity index (χ2v) is 3.17. The lowest BCUT2D eigenvalue weighted by atomic mass is 10.0. The van der Waals surface area contributed by atoms with Gasteiger partial charge in [-0.05, 0) is 12.1 Å². The van der Waals surface area contributed by atoms with Gasteiger partial charge in [0.2, 0.25) is 0 Å². The summed E-state index contributed by atoms with van der Waals surface area (Å²) in [4.78, 5) is 22.3. The van der Waals surface area contributed by atoms with Gasteiger partial charge in [-0.15, -0.1) is 13.2 Å². The molecular weight excluding hydrogens is 267 g/mol. The fourth-order valence-electron chi connectivity index (χ4n) is 1.35. The fourth-order valence-corrected chi connectivity index (χ4v) is 1.35. The van der Waals surface area contributed by atoms with Crippen molar-refractivity contribution in [3.8, 4) is 11.8 Å². The van der Waals surface area contributed by atoms with Gasteiger partial charge in [0.1, 0.15) is 11.8 Å². The van der Waals surface area contributed by atoms with Crippen LogP contribution in [-0.4, -0.2) is 25.7 Å². The van der Waals surface area contributed by atoms with Crippen molar-refractivity contribution in [3.05, 3.63) is 28.8 Å². The third-order valence-corrected chi connectivity index (χ3v) is 2.06. The summed E-state index contributed by atoms with van der Waals surface area (Å²) < 4.78 is 44.3. The lowest BCUT2D eigenvalue weighted by Gasteiger charge is -2.13. The van der Waals surface area contributed by atoms with E-state index in [1.165, 1.54) is 0 Å². The molecule has 5 nitrogen and oxygen atoms in total. The first-order chi connectivity index (χ1) is 8.84. The molecule has 8 heteroatoms. The van der Waals surface area contributed by atoms with Crippen LogP contribution in [0.5, 0.6) is 5.75 Å². The molecule has 0 heterocycles. The van der Waals surface area contributed by atoms with Crippen molar-refractivity contribution in [2.45, 2.75) is 6.36 Å². The summed E-state index contributed by atoms with van der Waals surface area (Å²) in [6, 6.07) is 3.29. The number of aldehydes is 1. The molecule has 0 N–H and O–H groups in total. The molecule has 0 spiro atoms. The molecule has 0 fully saturated rings. The molecule has 19 heavy (non-hydrogen) atoms. The van der Waals surface area contributed by atoms with E-state index in [0.717, 1.165) is 19.2 Å². The van der Waals surface area contributed by atoms with E-state index in [2.05, 4.69) is 9.47 Å². The second kappa shape index (κ2) is 5.39. The topological polar surface area (TPSA) is 76.4 Å². The molecule has 0 aliphatic carbocycles. The van der Waals surface area contributed by atoms with Crippen LogP contribution in [0.3, 0.4) is 0 Å². The summed E-state index contributed by atoms with van der Waals surface area (Å²) in [5.74, 6) is -1.98. The number of benzene rings is 1. The molecule has 0 saturated carbocycles. The number of nitrogens with zero attached hydrogens (tertiary/aromatic N) is 1. The third kappa shape index (κ3) is 3.22. The van der Waals surface area contributed by atoms with Crippen LogP contribution in [0.2, 0.25) is 0 Å². The highest BCUT2D eigenvalue weighted by Crippen LogP contribution is 2.29. The Morgan fingerprint density at radius 2 is 2.05 bits per heavy atom. The number of methoxy groups -OCH3 is 1. The molecule has 0 saturated heterocycles. The first-order valence-electron chi connectivity index (χ1n) is 4.70. The van der Waals surface area contributed by atoms with E-state index in [1.807, 2.05) is 0 Å². The number of rotatable bonds is 3. The zero-order valence-electron chi connectivity index (χ0n) is 9.45. The van der Waals surface area contributed by atoms with E-state index in [9.17, 15) is 22.8 Å². The largest absolute Gasteiger partial charge is 0.573 e. The molecule has 0 unspecified atom stereocenters. The van der Waals surface area contributed by atoms with E-state index in [-0.39, 0.29) is 11.8 Å². The minimum absolute atomic E-state index is 0.00579. The van der Waals surface area contributed by atoms with Crippen LogP contribution in [0.25, 0.3) is 0 Å². The molecule has 0 aliphatic heterocycles. The predicted octanol–water partition coefficient (Wildman–Crippen LogP) is 2.06. The second-order valence-electron chi connectivity index (χ2n) is 3.17. The number of hydrogen-bond donors (Lipinski definition) is 0. The van der Waals surface area contributed by atoms with Crippen molar-refractivity contribution in [3.63, 3.8) is 0 Å². The maximum Gasteiger partial charge on any atom is 0.573 e. The van der Waals surface area contributed by atoms with E-state index >= 15 is 0 Å². The average molecular weight is 273 g/mol. The number of alkyl halides is 3. The first-order valence-corrected chi connectivity index (χ1v) is 4.70. The van der Waals surface area contributed by atoms with Crippen molar-refractivity contribution in [2.75, 3.05) is 7.11 Å².